The lowest BCUT2D eigenvalue weighted by atomic mass is 10.1. The highest BCUT2D eigenvalue weighted by Gasteiger charge is 2.03. The van der Waals surface area contributed by atoms with E-state index in [4.69, 9.17) is 15.2 Å². The third kappa shape index (κ3) is 7.87. The number of hydrogen-bond donors (Lipinski definition) is 2. The van der Waals surface area contributed by atoms with Crippen molar-refractivity contribution >= 4 is 29.8 Å². The number of anilines is 2. The molecule has 1 aromatic heterocycles. The van der Waals surface area contributed by atoms with Gasteiger partial charge in [0.2, 0.25) is 5.91 Å². The highest BCUT2D eigenvalue weighted by atomic mass is 35.5. The highest BCUT2D eigenvalue weighted by molar-refractivity contribution is 5.90. The van der Waals surface area contributed by atoms with E-state index in [1.54, 1.807) is 19.2 Å². The molecule has 0 unspecified atom stereocenters. The molecule has 0 atom stereocenters. The molecule has 1 aromatic carbocycles. The SMILES string of the molecule is COCCc1ccc(OCCCC(=O)Nc2ccc(N)nc2)cc1.Cl. The zero-order valence-corrected chi connectivity index (χ0v) is 15.1. The van der Waals surface area contributed by atoms with E-state index in [-0.39, 0.29) is 18.3 Å². The molecule has 7 heteroatoms. The quantitative estimate of drug-likeness (QED) is 0.667. The Morgan fingerprint density at radius 3 is 2.56 bits per heavy atom. The van der Waals surface area contributed by atoms with E-state index < -0.39 is 0 Å². The van der Waals surface area contributed by atoms with E-state index in [2.05, 4.69) is 10.3 Å². The summed E-state index contributed by atoms with van der Waals surface area (Å²) in [6, 6.07) is 11.3. The van der Waals surface area contributed by atoms with Crippen LogP contribution in [-0.2, 0) is 16.0 Å². The van der Waals surface area contributed by atoms with Crippen molar-refractivity contribution in [2.45, 2.75) is 19.3 Å². The number of benzene rings is 1. The number of nitrogens with two attached hydrogens (primary N) is 1. The number of aromatic nitrogens is 1. The third-order valence-electron chi connectivity index (χ3n) is 3.41. The fraction of sp³-hybridized carbons (Fsp3) is 0.333. The predicted molar refractivity (Wildman–Crippen MR) is 101 cm³/mol. The first-order valence-corrected chi connectivity index (χ1v) is 7.89. The molecule has 0 bridgehead atoms. The van der Waals surface area contributed by atoms with Gasteiger partial charge in [-0.25, -0.2) is 4.98 Å². The summed E-state index contributed by atoms with van der Waals surface area (Å²) in [5.74, 6) is 1.16. The van der Waals surface area contributed by atoms with Crippen molar-refractivity contribution in [1.82, 2.24) is 4.98 Å². The molecule has 3 N–H and O–H groups in total. The number of ether oxygens (including phenoxy) is 2. The van der Waals surface area contributed by atoms with Crippen molar-refractivity contribution in [1.29, 1.82) is 0 Å². The van der Waals surface area contributed by atoms with Crippen LogP contribution in [0.15, 0.2) is 42.6 Å². The fourth-order valence-electron chi connectivity index (χ4n) is 2.10. The normalized spacial score (nSPS) is 9.96. The van der Waals surface area contributed by atoms with Crippen molar-refractivity contribution < 1.29 is 14.3 Å². The van der Waals surface area contributed by atoms with Crippen LogP contribution < -0.4 is 15.8 Å². The molecule has 6 nitrogen and oxygen atoms in total. The van der Waals surface area contributed by atoms with Gasteiger partial charge in [0.05, 0.1) is 25.1 Å². The Balaban J connectivity index is 0.00000312. The molecule has 0 aliphatic carbocycles. The van der Waals surface area contributed by atoms with Gasteiger partial charge in [-0.15, -0.1) is 12.4 Å². The minimum atomic E-state index is -0.0694. The lowest BCUT2D eigenvalue weighted by Crippen LogP contribution is -2.13. The van der Waals surface area contributed by atoms with Gasteiger partial charge < -0.3 is 20.5 Å². The van der Waals surface area contributed by atoms with Crippen LogP contribution in [0.1, 0.15) is 18.4 Å². The first-order valence-electron chi connectivity index (χ1n) is 7.89. The molecule has 0 spiro atoms. The lowest BCUT2D eigenvalue weighted by Gasteiger charge is -2.08. The molecule has 0 saturated heterocycles. The second kappa shape index (κ2) is 11.3. The summed E-state index contributed by atoms with van der Waals surface area (Å²) in [5.41, 5.74) is 7.35. The fourth-order valence-corrected chi connectivity index (χ4v) is 2.10. The zero-order valence-electron chi connectivity index (χ0n) is 14.2. The van der Waals surface area contributed by atoms with Gasteiger partial charge in [-0.1, -0.05) is 12.1 Å². The lowest BCUT2D eigenvalue weighted by molar-refractivity contribution is -0.116. The van der Waals surface area contributed by atoms with Crippen molar-refractivity contribution in [2.24, 2.45) is 0 Å². The number of amides is 1. The summed E-state index contributed by atoms with van der Waals surface area (Å²) in [6.45, 7) is 1.20. The number of rotatable bonds is 9. The minimum Gasteiger partial charge on any atom is -0.494 e. The number of halogens is 1. The Labute approximate surface area is 154 Å². The van der Waals surface area contributed by atoms with Gasteiger partial charge in [0, 0.05) is 13.5 Å². The molecule has 25 heavy (non-hydrogen) atoms. The minimum absolute atomic E-state index is 0. The summed E-state index contributed by atoms with van der Waals surface area (Å²) < 4.78 is 10.7. The topological polar surface area (TPSA) is 86.5 Å². The summed E-state index contributed by atoms with van der Waals surface area (Å²) in [6.07, 6.45) is 3.45. The second-order valence-corrected chi connectivity index (χ2v) is 5.36. The summed E-state index contributed by atoms with van der Waals surface area (Å²) in [4.78, 5) is 15.7. The zero-order chi connectivity index (χ0) is 17.2. The number of hydrogen-bond acceptors (Lipinski definition) is 5. The maximum atomic E-state index is 11.8. The van der Waals surface area contributed by atoms with E-state index >= 15 is 0 Å². The van der Waals surface area contributed by atoms with Gasteiger partial charge in [0.15, 0.2) is 0 Å². The van der Waals surface area contributed by atoms with E-state index in [0.717, 1.165) is 12.2 Å². The molecule has 0 radical (unpaired) electrons. The maximum Gasteiger partial charge on any atom is 0.224 e. The number of nitrogens with zero attached hydrogens (tertiary/aromatic N) is 1. The van der Waals surface area contributed by atoms with Crippen LogP contribution in [0, 0.1) is 0 Å². The van der Waals surface area contributed by atoms with E-state index in [1.165, 1.54) is 11.8 Å². The molecule has 1 heterocycles. The standard InChI is InChI=1S/C18H23N3O3.ClH/c1-23-12-10-14-4-7-16(8-5-14)24-11-2-3-18(22)21-15-6-9-17(19)20-13-15;/h4-9,13H,2-3,10-12H2,1H3,(H2,19,20)(H,21,22);1H. The van der Waals surface area contributed by atoms with Crippen molar-refractivity contribution in [2.75, 3.05) is 31.4 Å². The molecule has 0 fully saturated rings. The highest BCUT2D eigenvalue weighted by Crippen LogP contribution is 2.13. The molecular weight excluding hydrogens is 342 g/mol. The van der Waals surface area contributed by atoms with Crippen LogP contribution in [0.2, 0.25) is 0 Å². The Morgan fingerprint density at radius 1 is 1.16 bits per heavy atom. The van der Waals surface area contributed by atoms with Gasteiger partial charge in [-0.3, -0.25) is 4.79 Å². The molecule has 2 aromatic rings. The number of carbonyl (C=O) groups excluding carboxylic acids is 1. The molecule has 2 rings (SSSR count). The number of pyridine rings is 1. The maximum absolute atomic E-state index is 11.8. The predicted octanol–water partition coefficient (Wildman–Crippen LogP) is 3.07. The van der Waals surface area contributed by atoms with Crippen LogP contribution in [-0.4, -0.2) is 31.2 Å². The van der Waals surface area contributed by atoms with Crippen LogP contribution in [0.25, 0.3) is 0 Å². The van der Waals surface area contributed by atoms with Crippen LogP contribution in [0.4, 0.5) is 11.5 Å². The molecule has 136 valence electrons. The smallest absolute Gasteiger partial charge is 0.224 e. The Hall–Kier alpha value is -2.31. The number of nitrogen functional groups attached to an aromatic ring is 1. The van der Waals surface area contributed by atoms with E-state index in [9.17, 15) is 4.79 Å². The number of nitrogens with one attached hydrogen (secondary N) is 1. The van der Waals surface area contributed by atoms with Crippen LogP contribution in [0.3, 0.4) is 0 Å². The van der Waals surface area contributed by atoms with Crippen LogP contribution in [0.5, 0.6) is 5.75 Å². The Kier molecular flexibility index (Phi) is 9.36. The third-order valence-corrected chi connectivity index (χ3v) is 3.41. The van der Waals surface area contributed by atoms with Gasteiger partial charge in [0.25, 0.3) is 0 Å². The number of methoxy groups -OCH3 is 1. The van der Waals surface area contributed by atoms with Gasteiger partial charge >= 0.3 is 0 Å². The second-order valence-electron chi connectivity index (χ2n) is 5.36. The number of carbonyl (C=O) groups is 1. The van der Waals surface area contributed by atoms with E-state index in [1.807, 2.05) is 24.3 Å². The summed E-state index contributed by atoms with van der Waals surface area (Å²) in [7, 11) is 1.69. The van der Waals surface area contributed by atoms with Gasteiger partial charge in [-0.2, -0.15) is 0 Å². The van der Waals surface area contributed by atoms with Gasteiger partial charge in [-0.05, 0) is 42.7 Å². The summed E-state index contributed by atoms with van der Waals surface area (Å²) >= 11 is 0. The van der Waals surface area contributed by atoms with E-state index in [0.29, 0.717) is 37.6 Å². The Bertz CT molecular complexity index is 633. The average Bonchev–Trinajstić information content (AvgIpc) is 2.60. The van der Waals surface area contributed by atoms with Gasteiger partial charge in [0.1, 0.15) is 11.6 Å². The van der Waals surface area contributed by atoms with Crippen LogP contribution >= 0.6 is 12.4 Å². The van der Waals surface area contributed by atoms with Crippen molar-refractivity contribution in [3.8, 4) is 5.75 Å². The molecule has 1 amide bonds. The van der Waals surface area contributed by atoms with Crippen molar-refractivity contribution in [3.63, 3.8) is 0 Å². The largest absolute Gasteiger partial charge is 0.494 e. The Morgan fingerprint density at radius 2 is 1.92 bits per heavy atom. The molecule has 0 aliphatic heterocycles. The molecule has 0 aliphatic rings. The molecule has 0 saturated carbocycles. The average molecular weight is 366 g/mol. The first kappa shape index (κ1) is 20.7. The first-order chi connectivity index (χ1) is 11.7. The molecular formula is C18H24ClN3O3. The summed E-state index contributed by atoms with van der Waals surface area (Å²) in [5, 5.41) is 2.77. The van der Waals surface area contributed by atoms with Crippen molar-refractivity contribution in [3.05, 3.63) is 48.2 Å². The monoisotopic (exact) mass is 365 g/mol.